The van der Waals surface area contributed by atoms with Crippen molar-refractivity contribution >= 4 is 24.0 Å². The highest BCUT2D eigenvalue weighted by atomic mass is 35.5. The third-order valence-electron chi connectivity index (χ3n) is 2.37. The van der Waals surface area contributed by atoms with E-state index in [2.05, 4.69) is 5.32 Å². The Hall–Kier alpha value is -1.26. The SMILES string of the molecule is CCCC(N)C(=O)Nc1ccc(OCC)cc1.Cl. The fourth-order valence-electron chi connectivity index (χ4n) is 1.48. The van der Waals surface area contributed by atoms with Gasteiger partial charge < -0.3 is 15.8 Å². The molecule has 0 spiro atoms. The van der Waals surface area contributed by atoms with Crippen molar-refractivity contribution in [2.45, 2.75) is 32.7 Å². The molecule has 0 aliphatic carbocycles. The molecule has 4 nitrogen and oxygen atoms in total. The maximum Gasteiger partial charge on any atom is 0.241 e. The Morgan fingerprint density at radius 3 is 2.44 bits per heavy atom. The zero-order valence-corrected chi connectivity index (χ0v) is 11.6. The fourth-order valence-corrected chi connectivity index (χ4v) is 1.48. The number of anilines is 1. The number of amides is 1. The van der Waals surface area contributed by atoms with Crippen molar-refractivity contribution < 1.29 is 9.53 Å². The van der Waals surface area contributed by atoms with E-state index in [1.54, 1.807) is 0 Å². The smallest absolute Gasteiger partial charge is 0.241 e. The zero-order valence-electron chi connectivity index (χ0n) is 10.8. The Morgan fingerprint density at radius 2 is 1.94 bits per heavy atom. The first-order valence-electron chi connectivity index (χ1n) is 5.96. The van der Waals surface area contributed by atoms with E-state index in [0.29, 0.717) is 13.0 Å². The van der Waals surface area contributed by atoms with Gasteiger partial charge >= 0.3 is 0 Å². The van der Waals surface area contributed by atoms with Gasteiger partial charge in [-0.25, -0.2) is 0 Å². The predicted molar refractivity (Wildman–Crippen MR) is 76.4 cm³/mol. The number of rotatable bonds is 6. The molecule has 3 N–H and O–H groups in total. The molecule has 5 heteroatoms. The second kappa shape index (κ2) is 8.78. The summed E-state index contributed by atoms with van der Waals surface area (Å²) in [5.41, 5.74) is 6.46. The summed E-state index contributed by atoms with van der Waals surface area (Å²) in [4.78, 5) is 11.6. The van der Waals surface area contributed by atoms with Crippen LogP contribution in [0.2, 0.25) is 0 Å². The first kappa shape index (κ1) is 16.7. The third kappa shape index (κ3) is 5.38. The number of hydrogen-bond acceptors (Lipinski definition) is 3. The molecule has 0 aliphatic heterocycles. The normalized spacial score (nSPS) is 11.3. The number of nitrogens with two attached hydrogens (primary N) is 1. The molecule has 0 saturated heterocycles. The van der Waals surface area contributed by atoms with Gasteiger partial charge in [0.15, 0.2) is 0 Å². The Bertz CT molecular complexity index is 355. The molecule has 0 saturated carbocycles. The molecule has 1 amide bonds. The van der Waals surface area contributed by atoms with Crippen LogP contribution in [-0.4, -0.2) is 18.6 Å². The van der Waals surface area contributed by atoms with Crippen LogP contribution < -0.4 is 15.8 Å². The molecule has 1 aromatic carbocycles. The summed E-state index contributed by atoms with van der Waals surface area (Å²) in [7, 11) is 0. The molecule has 0 bridgehead atoms. The van der Waals surface area contributed by atoms with E-state index in [1.807, 2.05) is 38.1 Å². The summed E-state index contributed by atoms with van der Waals surface area (Å²) in [5.74, 6) is 0.652. The van der Waals surface area contributed by atoms with Gasteiger partial charge in [-0.3, -0.25) is 4.79 Å². The average Bonchev–Trinajstić information content (AvgIpc) is 2.32. The van der Waals surface area contributed by atoms with Crippen molar-refractivity contribution in [3.8, 4) is 5.75 Å². The minimum Gasteiger partial charge on any atom is -0.494 e. The van der Waals surface area contributed by atoms with Gasteiger partial charge in [0.05, 0.1) is 12.6 Å². The van der Waals surface area contributed by atoms with E-state index >= 15 is 0 Å². The lowest BCUT2D eigenvalue weighted by molar-refractivity contribution is -0.117. The van der Waals surface area contributed by atoms with Crippen LogP contribution in [0.4, 0.5) is 5.69 Å². The Labute approximate surface area is 114 Å². The Morgan fingerprint density at radius 1 is 1.33 bits per heavy atom. The highest BCUT2D eigenvalue weighted by Gasteiger charge is 2.11. The molecular formula is C13H21ClN2O2. The summed E-state index contributed by atoms with van der Waals surface area (Å²) in [6.07, 6.45) is 1.60. The molecule has 1 aromatic rings. The second-order valence-corrected chi connectivity index (χ2v) is 3.84. The van der Waals surface area contributed by atoms with Crippen molar-refractivity contribution in [2.75, 3.05) is 11.9 Å². The summed E-state index contributed by atoms with van der Waals surface area (Å²) in [5, 5.41) is 2.78. The molecule has 0 aromatic heterocycles. The highest BCUT2D eigenvalue weighted by Crippen LogP contribution is 2.15. The average molecular weight is 273 g/mol. The number of carbonyl (C=O) groups excluding carboxylic acids is 1. The molecule has 1 rings (SSSR count). The van der Waals surface area contributed by atoms with E-state index in [4.69, 9.17) is 10.5 Å². The maximum atomic E-state index is 11.6. The van der Waals surface area contributed by atoms with Crippen LogP contribution in [0.25, 0.3) is 0 Å². The van der Waals surface area contributed by atoms with Crippen LogP contribution in [0.3, 0.4) is 0 Å². The van der Waals surface area contributed by atoms with Crippen LogP contribution in [-0.2, 0) is 4.79 Å². The number of ether oxygens (including phenoxy) is 1. The van der Waals surface area contributed by atoms with Crippen LogP contribution in [0.1, 0.15) is 26.7 Å². The minimum atomic E-state index is -0.438. The molecule has 1 atom stereocenters. The zero-order chi connectivity index (χ0) is 12.7. The molecule has 0 aliphatic rings. The lowest BCUT2D eigenvalue weighted by Crippen LogP contribution is -2.35. The molecule has 18 heavy (non-hydrogen) atoms. The number of carbonyl (C=O) groups is 1. The number of hydrogen-bond donors (Lipinski definition) is 2. The van der Waals surface area contributed by atoms with Crippen molar-refractivity contribution in [2.24, 2.45) is 5.73 Å². The summed E-state index contributed by atoms with van der Waals surface area (Å²) >= 11 is 0. The van der Waals surface area contributed by atoms with Crippen molar-refractivity contribution in [1.29, 1.82) is 0 Å². The van der Waals surface area contributed by atoms with Gasteiger partial charge in [-0.1, -0.05) is 13.3 Å². The van der Waals surface area contributed by atoms with Gasteiger partial charge in [0, 0.05) is 5.69 Å². The van der Waals surface area contributed by atoms with Gasteiger partial charge in [-0.2, -0.15) is 0 Å². The Kier molecular flexibility index (Phi) is 8.16. The minimum absolute atomic E-state index is 0. The number of benzene rings is 1. The van der Waals surface area contributed by atoms with E-state index in [9.17, 15) is 4.79 Å². The second-order valence-electron chi connectivity index (χ2n) is 3.84. The van der Waals surface area contributed by atoms with Crippen molar-refractivity contribution in [1.82, 2.24) is 0 Å². The van der Waals surface area contributed by atoms with E-state index in [0.717, 1.165) is 17.9 Å². The van der Waals surface area contributed by atoms with Gasteiger partial charge in [-0.15, -0.1) is 12.4 Å². The Balaban J connectivity index is 0.00000289. The van der Waals surface area contributed by atoms with Gasteiger partial charge in [0.1, 0.15) is 5.75 Å². The van der Waals surface area contributed by atoms with Crippen molar-refractivity contribution in [3.63, 3.8) is 0 Å². The van der Waals surface area contributed by atoms with Gasteiger partial charge in [0.2, 0.25) is 5.91 Å². The fraction of sp³-hybridized carbons (Fsp3) is 0.462. The first-order chi connectivity index (χ1) is 8.17. The van der Waals surface area contributed by atoms with Gasteiger partial charge in [0.25, 0.3) is 0 Å². The molecule has 102 valence electrons. The van der Waals surface area contributed by atoms with E-state index in [1.165, 1.54) is 0 Å². The lowest BCUT2D eigenvalue weighted by Gasteiger charge is -2.11. The lowest BCUT2D eigenvalue weighted by atomic mass is 10.1. The summed E-state index contributed by atoms with van der Waals surface area (Å²) in [6, 6.07) is 6.82. The quantitative estimate of drug-likeness (QED) is 0.837. The van der Waals surface area contributed by atoms with Crippen LogP contribution >= 0.6 is 12.4 Å². The van der Waals surface area contributed by atoms with Crippen LogP contribution in [0.5, 0.6) is 5.75 Å². The van der Waals surface area contributed by atoms with Gasteiger partial charge in [-0.05, 0) is 37.6 Å². The molecular weight excluding hydrogens is 252 g/mol. The maximum absolute atomic E-state index is 11.6. The molecule has 0 heterocycles. The van der Waals surface area contributed by atoms with E-state index < -0.39 is 6.04 Å². The molecule has 0 fully saturated rings. The largest absolute Gasteiger partial charge is 0.494 e. The van der Waals surface area contributed by atoms with Crippen LogP contribution in [0, 0.1) is 0 Å². The summed E-state index contributed by atoms with van der Waals surface area (Å²) < 4.78 is 5.31. The predicted octanol–water partition coefficient (Wildman–Crippen LogP) is 2.57. The molecule has 1 unspecified atom stereocenters. The van der Waals surface area contributed by atoms with E-state index in [-0.39, 0.29) is 18.3 Å². The molecule has 0 radical (unpaired) electrons. The standard InChI is InChI=1S/C13H20N2O2.ClH/c1-3-5-12(14)13(16)15-10-6-8-11(9-7-10)17-4-2;/h6-9,12H,3-5,14H2,1-2H3,(H,15,16);1H. The van der Waals surface area contributed by atoms with Crippen molar-refractivity contribution in [3.05, 3.63) is 24.3 Å². The van der Waals surface area contributed by atoms with Crippen LogP contribution in [0.15, 0.2) is 24.3 Å². The highest BCUT2D eigenvalue weighted by molar-refractivity contribution is 5.94. The number of nitrogens with one attached hydrogen (secondary N) is 1. The summed E-state index contributed by atoms with van der Waals surface area (Å²) in [6.45, 7) is 4.57. The monoisotopic (exact) mass is 272 g/mol. The first-order valence-corrected chi connectivity index (χ1v) is 5.96. The topological polar surface area (TPSA) is 64.4 Å². The third-order valence-corrected chi connectivity index (χ3v) is 2.37. The number of halogens is 1.